The number of ether oxygens (including phenoxy) is 4. The largest absolute Gasteiger partial charge is 0.497 e. The fourth-order valence-corrected chi connectivity index (χ4v) is 9.06. The highest BCUT2D eigenvalue weighted by Crippen LogP contribution is 2.36. The number of benzene rings is 2. The van der Waals surface area contributed by atoms with E-state index in [-0.39, 0.29) is 12.1 Å². The van der Waals surface area contributed by atoms with Gasteiger partial charge >= 0.3 is 0 Å². The Bertz CT molecular complexity index is 2350. The van der Waals surface area contributed by atoms with Gasteiger partial charge in [-0.25, -0.2) is 9.97 Å². The molecule has 2 aromatic carbocycles. The first-order chi connectivity index (χ1) is 28.1. The topological polar surface area (TPSA) is 137 Å². The van der Waals surface area contributed by atoms with Gasteiger partial charge in [-0.1, -0.05) is 12.1 Å². The van der Waals surface area contributed by atoms with Gasteiger partial charge in [-0.05, 0) is 26.0 Å². The molecule has 8 rings (SSSR count). The van der Waals surface area contributed by atoms with E-state index >= 15 is 0 Å². The van der Waals surface area contributed by atoms with E-state index in [2.05, 4.69) is 81.0 Å². The number of thiazole rings is 2. The number of methoxy groups -OCH3 is 3. The summed E-state index contributed by atoms with van der Waals surface area (Å²) >= 11 is 3.20. The number of hydrogen-bond acceptors (Lipinski definition) is 16. The summed E-state index contributed by atoms with van der Waals surface area (Å²) in [5.74, 6) is 6.62. The molecule has 0 spiro atoms. The van der Waals surface area contributed by atoms with Crippen LogP contribution in [-0.2, 0) is 26.2 Å². The van der Waals surface area contributed by atoms with Gasteiger partial charge in [0.2, 0.25) is 0 Å². The van der Waals surface area contributed by atoms with Gasteiger partial charge < -0.3 is 37.9 Å². The Morgan fingerprint density at radius 2 is 1.17 bits per heavy atom. The summed E-state index contributed by atoms with van der Waals surface area (Å²) in [5, 5.41) is 24.4. The molecule has 6 heterocycles. The SMILES string of the molecule is COc1ccc(CN2CCn3c(-c4csc(N(C)CCOc5cc(OC)ccc5CN5CCn6c(-c7csc(N(C)C)n7)nnc6C5C)n4)nnc3C2C)c(OC)c1. The molecule has 0 amide bonds. The second kappa shape index (κ2) is 16.9. The van der Waals surface area contributed by atoms with Gasteiger partial charge in [0.15, 0.2) is 33.6 Å². The van der Waals surface area contributed by atoms with Crippen molar-refractivity contribution >= 4 is 32.9 Å². The molecular weight excluding hydrogens is 777 g/mol. The highest BCUT2D eigenvalue weighted by atomic mass is 32.1. The first kappa shape index (κ1) is 39.5. The van der Waals surface area contributed by atoms with Crippen molar-refractivity contribution in [2.24, 2.45) is 0 Å². The fourth-order valence-electron chi connectivity index (χ4n) is 7.52. The van der Waals surface area contributed by atoms with Crippen LogP contribution in [0.2, 0.25) is 0 Å². The molecule has 0 radical (unpaired) electrons. The van der Waals surface area contributed by atoms with Gasteiger partial charge in [0.25, 0.3) is 0 Å². The number of likely N-dealkylation sites (N-methyl/N-ethyl adjacent to an activating group) is 1. The number of rotatable bonds is 15. The molecule has 0 bridgehead atoms. The summed E-state index contributed by atoms with van der Waals surface area (Å²) in [6, 6.07) is 12.1. The van der Waals surface area contributed by atoms with Crippen molar-refractivity contribution < 1.29 is 18.9 Å². The van der Waals surface area contributed by atoms with Crippen molar-refractivity contribution in [1.82, 2.24) is 49.3 Å². The van der Waals surface area contributed by atoms with Crippen LogP contribution in [0.3, 0.4) is 0 Å². The van der Waals surface area contributed by atoms with E-state index in [1.54, 1.807) is 44.0 Å². The van der Waals surface area contributed by atoms with Crippen molar-refractivity contribution in [3.63, 3.8) is 0 Å². The van der Waals surface area contributed by atoms with Crippen LogP contribution in [0.15, 0.2) is 47.2 Å². The molecular formula is C40H50N12O4S2. The van der Waals surface area contributed by atoms with Crippen molar-refractivity contribution in [1.29, 1.82) is 0 Å². The lowest BCUT2D eigenvalue weighted by molar-refractivity contribution is 0.154. The number of aromatic nitrogens is 8. The van der Waals surface area contributed by atoms with Gasteiger partial charge in [-0.3, -0.25) is 9.80 Å². The molecule has 6 aromatic rings. The van der Waals surface area contributed by atoms with Crippen LogP contribution >= 0.6 is 22.7 Å². The number of hydrogen-bond donors (Lipinski definition) is 0. The van der Waals surface area contributed by atoms with E-state index in [1.165, 1.54) is 0 Å². The van der Waals surface area contributed by atoms with Gasteiger partial charge in [-0.15, -0.1) is 43.1 Å². The highest BCUT2D eigenvalue weighted by Gasteiger charge is 2.32. The van der Waals surface area contributed by atoms with Crippen molar-refractivity contribution in [3.8, 4) is 46.0 Å². The van der Waals surface area contributed by atoms with Crippen molar-refractivity contribution in [3.05, 3.63) is 69.9 Å². The first-order valence-corrected chi connectivity index (χ1v) is 21.1. The Labute approximate surface area is 346 Å². The number of nitrogens with zero attached hydrogens (tertiary/aromatic N) is 12. The maximum atomic E-state index is 6.48. The Hall–Kier alpha value is -5.30. The van der Waals surface area contributed by atoms with Gasteiger partial charge in [0, 0.05) is 94.4 Å². The number of anilines is 2. The molecule has 2 aliphatic rings. The zero-order valence-corrected chi connectivity index (χ0v) is 35.9. The molecule has 0 fully saturated rings. The van der Waals surface area contributed by atoms with Crippen LogP contribution in [0.5, 0.6) is 23.0 Å². The third-order valence-corrected chi connectivity index (χ3v) is 12.9. The Balaban J connectivity index is 0.894. The smallest absolute Gasteiger partial charge is 0.185 e. The van der Waals surface area contributed by atoms with Gasteiger partial charge in [0.05, 0.1) is 40.0 Å². The van der Waals surface area contributed by atoms with E-state index in [1.807, 2.05) is 50.3 Å². The third kappa shape index (κ3) is 7.80. The predicted molar refractivity (Wildman–Crippen MR) is 226 cm³/mol. The summed E-state index contributed by atoms with van der Waals surface area (Å²) in [4.78, 5) is 18.7. The van der Waals surface area contributed by atoms with E-state index in [0.717, 1.165) is 112 Å². The molecule has 0 saturated heterocycles. The molecule has 2 atom stereocenters. The Kier molecular flexibility index (Phi) is 11.5. The molecule has 18 heteroatoms. The maximum Gasteiger partial charge on any atom is 0.185 e. The van der Waals surface area contributed by atoms with E-state index in [4.69, 9.17) is 28.9 Å². The fraction of sp³-hybridized carbons (Fsp3) is 0.450. The van der Waals surface area contributed by atoms with E-state index in [9.17, 15) is 0 Å². The van der Waals surface area contributed by atoms with Crippen LogP contribution in [-0.4, -0.2) is 118 Å². The van der Waals surface area contributed by atoms with Crippen LogP contribution < -0.4 is 28.7 Å². The Morgan fingerprint density at radius 1 is 0.655 bits per heavy atom. The van der Waals surface area contributed by atoms with Crippen molar-refractivity contribution in [2.75, 3.05) is 78.5 Å². The lowest BCUT2D eigenvalue weighted by Crippen LogP contribution is -2.37. The Morgan fingerprint density at radius 3 is 1.69 bits per heavy atom. The maximum absolute atomic E-state index is 6.48. The average Bonchev–Trinajstić information content (AvgIpc) is 4.07. The number of fused-ring (bicyclic) bond motifs is 2. The monoisotopic (exact) mass is 826 g/mol. The molecule has 306 valence electrons. The summed E-state index contributed by atoms with van der Waals surface area (Å²) in [6.45, 7) is 10.1. The molecule has 2 aliphatic heterocycles. The van der Waals surface area contributed by atoms with E-state index < -0.39 is 0 Å². The standard InChI is InChI=1S/C40H50N12O4S2/c1-25-35-44-46-38(52(35)15-13-49(25)21-27-9-11-29(53-6)19-33(27)55-8)32-24-58-40(42-32)48(5)17-18-56-34-20-30(54-7)12-10-28(34)22-50-14-16-51-36(26(50)2)43-45-37(51)31-23-57-39(41-31)47(3)4/h9-12,19-20,23-26H,13-18,21-22H2,1-8H3. The predicted octanol–water partition coefficient (Wildman–Crippen LogP) is 5.88. The highest BCUT2D eigenvalue weighted by molar-refractivity contribution is 7.14. The van der Waals surface area contributed by atoms with Gasteiger partial charge in [-0.2, -0.15) is 0 Å². The summed E-state index contributed by atoms with van der Waals surface area (Å²) in [6.07, 6.45) is 0. The minimum Gasteiger partial charge on any atom is -0.497 e. The van der Waals surface area contributed by atoms with Gasteiger partial charge in [0.1, 0.15) is 41.0 Å². The van der Waals surface area contributed by atoms with Crippen LogP contribution in [0.4, 0.5) is 10.3 Å². The van der Waals surface area contributed by atoms with Crippen LogP contribution in [0, 0.1) is 0 Å². The van der Waals surface area contributed by atoms with Crippen LogP contribution in [0.1, 0.15) is 48.7 Å². The lowest BCUT2D eigenvalue weighted by Gasteiger charge is -2.34. The summed E-state index contributed by atoms with van der Waals surface area (Å²) in [7, 11) is 11.1. The second-order valence-electron chi connectivity index (χ2n) is 14.7. The van der Waals surface area contributed by atoms with E-state index in [0.29, 0.717) is 19.7 Å². The van der Waals surface area contributed by atoms with Crippen LogP contribution in [0.25, 0.3) is 23.0 Å². The minimum atomic E-state index is 0.0589. The summed E-state index contributed by atoms with van der Waals surface area (Å²) in [5.41, 5.74) is 3.87. The normalized spacial score (nSPS) is 16.8. The quantitative estimate of drug-likeness (QED) is 0.122. The minimum absolute atomic E-state index is 0.0589. The first-order valence-electron chi connectivity index (χ1n) is 19.3. The zero-order valence-electron chi connectivity index (χ0n) is 34.2. The van der Waals surface area contributed by atoms with Crippen molar-refractivity contribution in [2.45, 2.75) is 52.1 Å². The lowest BCUT2D eigenvalue weighted by atomic mass is 10.1. The molecule has 0 saturated carbocycles. The molecule has 16 nitrogen and oxygen atoms in total. The average molecular weight is 827 g/mol. The molecule has 58 heavy (non-hydrogen) atoms. The molecule has 0 N–H and O–H groups in total. The summed E-state index contributed by atoms with van der Waals surface area (Å²) < 4.78 is 27.5. The third-order valence-electron chi connectivity index (χ3n) is 11.0. The second-order valence-corrected chi connectivity index (χ2v) is 16.4. The molecule has 2 unspecified atom stereocenters. The zero-order chi connectivity index (χ0) is 40.5. The molecule has 4 aromatic heterocycles. The molecule has 0 aliphatic carbocycles.